The Hall–Kier alpha value is -0.310. The van der Waals surface area contributed by atoms with Crippen LogP contribution in [0, 0.1) is 0 Å². The second kappa shape index (κ2) is 5.54. The second-order valence-electron chi connectivity index (χ2n) is 2.73. The van der Waals surface area contributed by atoms with Crippen molar-refractivity contribution in [1.82, 2.24) is 0 Å². The molecular weight excluding hydrogens is 239 g/mol. The van der Waals surface area contributed by atoms with Gasteiger partial charge in [-0.3, -0.25) is 0 Å². The van der Waals surface area contributed by atoms with Crippen LogP contribution in [0.3, 0.4) is 0 Å². The molecule has 14 heavy (non-hydrogen) atoms. The first-order valence-electron chi connectivity index (χ1n) is 4.23. The number of ether oxygens (including phenoxy) is 1. The molecule has 0 aliphatic heterocycles. The van der Waals surface area contributed by atoms with Crippen LogP contribution in [0.1, 0.15) is 12.5 Å². The van der Waals surface area contributed by atoms with Gasteiger partial charge in [0.15, 0.2) is 0 Å². The van der Waals surface area contributed by atoms with Crippen LogP contribution < -0.4 is 4.74 Å². The minimum absolute atomic E-state index is 0.435. The third kappa shape index (κ3) is 3.45. The SMILES string of the molecule is CCOc1ccc(CC(=S)Cl)cc1Cl. The molecule has 1 aromatic rings. The van der Waals surface area contributed by atoms with E-state index < -0.39 is 0 Å². The fraction of sp³-hybridized carbons (Fsp3) is 0.300. The Balaban J connectivity index is 2.83. The molecule has 0 N–H and O–H groups in total. The molecule has 1 nitrogen and oxygen atoms in total. The van der Waals surface area contributed by atoms with Crippen molar-refractivity contribution in [3.8, 4) is 5.75 Å². The molecule has 0 fully saturated rings. The van der Waals surface area contributed by atoms with Crippen LogP contribution in [-0.2, 0) is 6.42 Å². The Kier molecular flexibility index (Phi) is 4.66. The van der Waals surface area contributed by atoms with Gasteiger partial charge in [-0.1, -0.05) is 41.5 Å². The van der Waals surface area contributed by atoms with Crippen molar-refractivity contribution < 1.29 is 4.74 Å². The van der Waals surface area contributed by atoms with Crippen molar-refractivity contribution >= 4 is 39.7 Å². The highest BCUT2D eigenvalue weighted by Crippen LogP contribution is 2.25. The monoisotopic (exact) mass is 248 g/mol. The molecule has 0 aliphatic carbocycles. The normalized spacial score (nSPS) is 9.93. The molecule has 0 bridgehead atoms. The smallest absolute Gasteiger partial charge is 0.137 e. The lowest BCUT2D eigenvalue weighted by molar-refractivity contribution is 0.340. The van der Waals surface area contributed by atoms with E-state index in [1.54, 1.807) is 0 Å². The van der Waals surface area contributed by atoms with Gasteiger partial charge < -0.3 is 4.74 Å². The lowest BCUT2D eigenvalue weighted by atomic mass is 10.2. The summed E-state index contributed by atoms with van der Waals surface area (Å²) < 4.78 is 5.73. The van der Waals surface area contributed by atoms with Crippen molar-refractivity contribution in [3.05, 3.63) is 28.8 Å². The minimum Gasteiger partial charge on any atom is -0.492 e. The van der Waals surface area contributed by atoms with Gasteiger partial charge in [0.2, 0.25) is 0 Å². The number of rotatable bonds is 4. The van der Waals surface area contributed by atoms with Gasteiger partial charge in [-0.25, -0.2) is 0 Å². The fourth-order valence-electron chi connectivity index (χ4n) is 1.09. The van der Waals surface area contributed by atoms with Crippen LogP contribution in [0.4, 0.5) is 0 Å². The molecule has 0 amide bonds. The van der Waals surface area contributed by atoms with E-state index in [1.807, 2.05) is 25.1 Å². The number of hydrogen-bond acceptors (Lipinski definition) is 2. The van der Waals surface area contributed by atoms with Gasteiger partial charge in [0.05, 0.1) is 16.0 Å². The molecule has 0 saturated carbocycles. The largest absolute Gasteiger partial charge is 0.492 e. The van der Waals surface area contributed by atoms with E-state index in [1.165, 1.54) is 0 Å². The highest BCUT2D eigenvalue weighted by molar-refractivity contribution is 7.83. The molecule has 0 radical (unpaired) electrons. The zero-order valence-corrected chi connectivity index (χ0v) is 10.0. The maximum absolute atomic E-state index is 5.98. The van der Waals surface area contributed by atoms with E-state index in [2.05, 4.69) is 0 Å². The molecule has 1 rings (SSSR count). The van der Waals surface area contributed by atoms with E-state index in [9.17, 15) is 0 Å². The molecule has 0 spiro atoms. The number of thiocarbonyl (C=S) groups is 1. The minimum atomic E-state index is 0.435. The summed E-state index contributed by atoms with van der Waals surface area (Å²) in [7, 11) is 0. The molecule has 1 aromatic carbocycles. The molecule has 0 saturated heterocycles. The highest BCUT2D eigenvalue weighted by Gasteiger charge is 2.03. The summed E-state index contributed by atoms with van der Waals surface area (Å²) in [5, 5.41) is 0.595. The first kappa shape index (κ1) is 11.8. The van der Waals surface area contributed by atoms with E-state index in [-0.39, 0.29) is 0 Å². The quantitative estimate of drug-likeness (QED) is 0.592. The predicted octanol–water partition coefficient (Wildman–Crippen LogP) is 3.85. The molecular formula is C10H10Cl2OS. The molecule has 0 aliphatic rings. The number of hydrogen-bond donors (Lipinski definition) is 0. The fourth-order valence-corrected chi connectivity index (χ4v) is 1.67. The zero-order chi connectivity index (χ0) is 10.6. The van der Waals surface area contributed by atoms with Crippen molar-refractivity contribution in [3.63, 3.8) is 0 Å². The molecule has 0 heterocycles. The molecule has 4 heteroatoms. The summed E-state index contributed by atoms with van der Waals surface area (Å²) in [6.07, 6.45) is 0.559. The highest BCUT2D eigenvalue weighted by atomic mass is 35.5. The van der Waals surface area contributed by atoms with Gasteiger partial charge >= 0.3 is 0 Å². The molecule has 0 atom stereocenters. The van der Waals surface area contributed by atoms with E-state index in [0.29, 0.717) is 28.1 Å². The van der Waals surface area contributed by atoms with Crippen molar-refractivity contribution in [2.24, 2.45) is 0 Å². The van der Waals surface area contributed by atoms with Crippen LogP contribution in [0.2, 0.25) is 5.02 Å². The van der Waals surface area contributed by atoms with Gasteiger partial charge in [0, 0.05) is 6.42 Å². The van der Waals surface area contributed by atoms with Gasteiger partial charge in [-0.15, -0.1) is 0 Å². The van der Waals surface area contributed by atoms with Crippen LogP contribution in [0.25, 0.3) is 0 Å². The van der Waals surface area contributed by atoms with Crippen LogP contribution in [-0.4, -0.2) is 10.9 Å². The first-order valence-corrected chi connectivity index (χ1v) is 5.39. The van der Waals surface area contributed by atoms with Crippen LogP contribution in [0.5, 0.6) is 5.75 Å². The predicted molar refractivity (Wildman–Crippen MR) is 64.8 cm³/mol. The summed E-state index contributed by atoms with van der Waals surface area (Å²) in [5.41, 5.74) is 0.999. The van der Waals surface area contributed by atoms with Crippen molar-refractivity contribution in [2.75, 3.05) is 6.61 Å². The van der Waals surface area contributed by atoms with E-state index >= 15 is 0 Å². The van der Waals surface area contributed by atoms with E-state index in [0.717, 1.165) is 5.56 Å². The van der Waals surface area contributed by atoms with E-state index in [4.69, 9.17) is 40.2 Å². The lowest BCUT2D eigenvalue weighted by Crippen LogP contribution is -1.95. The Morgan fingerprint density at radius 2 is 2.21 bits per heavy atom. The summed E-state index contributed by atoms with van der Waals surface area (Å²) >= 11 is 16.4. The van der Waals surface area contributed by atoms with Crippen LogP contribution >= 0.6 is 35.4 Å². The topological polar surface area (TPSA) is 9.23 Å². The first-order chi connectivity index (χ1) is 6.63. The number of halogens is 2. The lowest BCUT2D eigenvalue weighted by Gasteiger charge is -2.06. The molecule has 76 valence electrons. The average Bonchev–Trinajstić information content (AvgIpc) is 2.09. The van der Waals surface area contributed by atoms with Gasteiger partial charge in [-0.2, -0.15) is 0 Å². The van der Waals surface area contributed by atoms with Crippen LogP contribution in [0.15, 0.2) is 18.2 Å². The average molecular weight is 249 g/mol. The standard InChI is InChI=1S/C10H10Cl2OS/c1-2-13-9-4-3-7(5-8(9)11)6-10(12)14/h3-5H,2,6H2,1H3. The second-order valence-corrected chi connectivity index (χ2v) is 4.31. The number of benzene rings is 1. The van der Waals surface area contributed by atoms with Crippen molar-refractivity contribution in [1.29, 1.82) is 0 Å². The zero-order valence-electron chi connectivity index (χ0n) is 7.72. The molecule has 0 aromatic heterocycles. The third-order valence-corrected chi connectivity index (χ3v) is 2.21. The van der Waals surface area contributed by atoms with Gasteiger partial charge in [0.25, 0.3) is 0 Å². The summed E-state index contributed by atoms with van der Waals surface area (Å²) in [6.45, 7) is 2.52. The maximum Gasteiger partial charge on any atom is 0.137 e. The molecule has 0 unspecified atom stereocenters. The van der Waals surface area contributed by atoms with Gasteiger partial charge in [0.1, 0.15) is 5.75 Å². The third-order valence-electron chi connectivity index (χ3n) is 1.64. The maximum atomic E-state index is 5.98. The Bertz CT molecular complexity index is 339. The van der Waals surface area contributed by atoms with Crippen molar-refractivity contribution in [2.45, 2.75) is 13.3 Å². The Morgan fingerprint density at radius 1 is 1.50 bits per heavy atom. The van der Waals surface area contributed by atoms with Gasteiger partial charge in [-0.05, 0) is 24.6 Å². The summed E-state index contributed by atoms with van der Waals surface area (Å²) in [4.78, 5) is 0. The summed E-state index contributed by atoms with van der Waals surface area (Å²) in [5.74, 6) is 0.693. The Labute approximate surface area is 99.0 Å². The Morgan fingerprint density at radius 3 is 2.71 bits per heavy atom. The summed E-state index contributed by atoms with van der Waals surface area (Å²) in [6, 6.07) is 5.56.